The van der Waals surface area contributed by atoms with Crippen molar-refractivity contribution in [3.05, 3.63) is 53.5 Å². The maximum atomic E-state index is 12.5. The van der Waals surface area contributed by atoms with E-state index in [0.29, 0.717) is 25.5 Å². The molecule has 0 radical (unpaired) electrons. The number of fused-ring (bicyclic) bond motifs is 1. The van der Waals surface area contributed by atoms with Gasteiger partial charge < -0.3 is 20.6 Å². The summed E-state index contributed by atoms with van der Waals surface area (Å²) in [7, 11) is 0. The molecule has 1 aromatic carbocycles. The highest BCUT2D eigenvalue weighted by Gasteiger charge is 2.28. The van der Waals surface area contributed by atoms with E-state index in [4.69, 9.17) is 0 Å². The van der Waals surface area contributed by atoms with Crippen LogP contribution in [-0.2, 0) is 17.8 Å². The van der Waals surface area contributed by atoms with E-state index >= 15 is 0 Å². The summed E-state index contributed by atoms with van der Waals surface area (Å²) in [5.41, 5.74) is 2.90. The van der Waals surface area contributed by atoms with Gasteiger partial charge in [0.15, 0.2) is 0 Å². The van der Waals surface area contributed by atoms with Crippen molar-refractivity contribution in [3.63, 3.8) is 0 Å². The van der Waals surface area contributed by atoms with Crippen LogP contribution < -0.4 is 10.6 Å². The zero-order valence-electron chi connectivity index (χ0n) is 17.6. The van der Waals surface area contributed by atoms with Crippen LogP contribution >= 0.6 is 0 Å². The summed E-state index contributed by atoms with van der Waals surface area (Å²) in [6.07, 6.45) is 1.64. The molecule has 9 nitrogen and oxygen atoms in total. The Labute approximate surface area is 181 Å². The van der Waals surface area contributed by atoms with E-state index in [1.54, 1.807) is 17.9 Å². The molecule has 2 aliphatic rings. The molecule has 1 aromatic heterocycles. The molecule has 0 spiro atoms. The third-order valence-corrected chi connectivity index (χ3v) is 5.76. The molecule has 9 heteroatoms. The van der Waals surface area contributed by atoms with Gasteiger partial charge in [-0.2, -0.15) is 0 Å². The van der Waals surface area contributed by atoms with E-state index in [-0.39, 0.29) is 30.1 Å². The number of aliphatic hydroxyl groups excluding tert-OH is 1. The maximum Gasteiger partial charge on any atom is 0.270 e. The Balaban J connectivity index is 1.23. The number of carbonyl (C=O) groups is 2. The van der Waals surface area contributed by atoms with Gasteiger partial charge in [-0.15, -0.1) is 0 Å². The number of hydrogen-bond acceptors (Lipinski definition) is 7. The Morgan fingerprint density at radius 1 is 1.23 bits per heavy atom. The summed E-state index contributed by atoms with van der Waals surface area (Å²) in [6.45, 7) is 5.14. The van der Waals surface area contributed by atoms with E-state index in [9.17, 15) is 14.7 Å². The molecule has 0 bridgehead atoms. The molecule has 0 aliphatic carbocycles. The number of benzene rings is 1. The Morgan fingerprint density at radius 3 is 2.77 bits per heavy atom. The molecule has 164 valence electrons. The highest BCUT2D eigenvalue weighted by molar-refractivity contribution is 5.92. The van der Waals surface area contributed by atoms with E-state index in [1.165, 1.54) is 17.5 Å². The molecule has 4 rings (SSSR count). The quantitative estimate of drug-likeness (QED) is 0.585. The minimum absolute atomic E-state index is 0.0492. The smallest absolute Gasteiger partial charge is 0.270 e. The molecule has 2 aromatic rings. The van der Waals surface area contributed by atoms with Gasteiger partial charge >= 0.3 is 0 Å². The van der Waals surface area contributed by atoms with E-state index in [1.807, 2.05) is 6.07 Å². The fraction of sp³-hybridized carbons (Fsp3) is 0.455. The van der Waals surface area contributed by atoms with Gasteiger partial charge in [-0.05, 0) is 17.5 Å². The Kier molecular flexibility index (Phi) is 6.43. The lowest BCUT2D eigenvalue weighted by Crippen LogP contribution is -2.56. The van der Waals surface area contributed by atoms with E-state index in [2.05, 4.69) is 43.7 Å². The predicted octanol–water partition coefficient (Wildman–Crippen LogP) is 0.268. The summed E-state index contributed by atoms with van der Waals surface area (Å²) in [6, 6.07) is 10.1. The molecular formula is C22H28N6O3. The molecular weight excluding hydrogens is 396 g/mol. The van der Waals surface area contributed by atoms with Gasteiger partial charge in [-0.25, -0.2) is 9.97 Å². The van der Waals surface area contributed by atoms with Gasteiger partial charge in [0.2, 0.25) is 5.91 Å². The van der Waals surface area contributed by atoms with Crippen molar-refractivity contribution < 1.29 is 14.7 Å². The summed E-state index contributed by atoms with van der Waals surface area (Å²) < 4.78 is 0. The largest absolute Gasteiger partial charge is 0.390 e. The van der Waals surface area contributed by atoms with E-state index < -0.39 is 6.10 Å². The lowest BCUT2D eigenvalue weighted by atomic mass is 10.00. The standard InChI is InChI=1S/C22H28N6O3/c1-15(29)28-11-18(12-28)26-21-8-20(24-14-25-21)22(31)23-9-19(30)13-27-7-6-16-4-2-3-5-17(16)10-27/h2-5,8,14,18-19,30H,6-7,9-13H2,1H3,(H,23,31)(H,24,25,26). The van der Waals surface area contributed by atoms with Crippen LogP contribution in [0.25, 0.3) is 0 Å². The molecule has 31 heavy (non-hydrogen) atoms. The SMILES string of the molecule is CC(=O)N1CC(Nc2cc(C(=O)NCC(O)CN3CCc4ccccc4C3)ncn2)C1. The lowest BCUT2D eigenvalue weighted by molar-refractivity contribution is -0.132. The van der Waals surface area contributed by atoms with E-state index in [0.717, 1.165) is 19.5 Å². The van der Waals surface area contributed by atoms with Crippen LogP contribution in [0.3, 0.4) is 0 Å². The molecule has 0 saturated carbocycles. The zero-order chi connectivity index (χ0) is 21.8. The Hall–Kier alpha value is -3.04. The van der Waals surface area contributed by atoms with Crippen LogP contribution in [0.4, 0.5) is 5.82 Å². The fourth-order valence-electron chi connectivity index (χ4n) is 3.97. The maximum absolute atomic E-state index is 12.5. The number of rotatable bonds is 7. The highest BCUT2D eigenvalue weighted by atomic mass is 16.3. The molecule has 2 amide bonds. The fourth-order valence-corrected chi connectivity index (χ4v) is 3.97. The minimum Gasteiger partial charge on any atom is -0.390 e. The van der Waals surface area contributed by atoms with Gasteiger partial charge in [0.25, 0.3) is 5.91 Å². The van der Waals surface area contributed by atoms with Crippen LogP contribution in [0, 0.1) is 0 Å². The number of amides is 2. The van der Waals surface area contributed by atoms with Gasteiger partial charge in [-0.1, -0.05) is 24.3 Å². The molecule has 2 aliphatic heterocycles. The first-order valence-electron chi connectivity index (χ1n) is 10.6. The van der Waals surface area contributed by atoms with Gasteiger partial charge in [0, 0.05) is 52.3 Å². The number of likely N-dealkylation sites (tertiary alicyclic amines) is 1. The van der Waals surface area contributed by atoms with Crippen LogP contribution in [0.1, 0.15) is 28.5 Å². The second-order valence-electron chi connectivity index (χ2n) is 8.17. The summed E-state index contributed by atoms with van der Waals surface area (Å²) in [5.74, 6) is 0.237. The number of anilines is 1. The summed E-state index contributed by atoms with van der Waals surface area (Å²) in [5, 5.41) is 16.4. The molecule has 1 unspecified atom stereocenters. The third-order valence-electron chi connectivity index (χ3n) is 5.76. The molecule has 3 heterocycles. The van der Waals surface area contributed by atoms with Crippen LogP contribution in [-0.4, -0.2) is 81.6 Å². The normalized spacial score (nSPS) is 17.4. The van der Waals surface area contributed by atoms with Crippen molar-refractivity contribution in [3.8, 4) is 0 Å². The minimum atomic E-state index is -0.666. The number of hydrogen-bond donors (Lipinski definition) is 3. The second-order valence-corrected chi connectivity index (χ2v) is 8.17. The van der Waals surface area contributed by atoms with Crippen LogP contribution in [0.5, 0.6) is 0 Å². The summed E-state index contributed by atoms with van der Waals surface area (Å²) >= 11 is 0. The van der Waals surface area contributed by atoms with Crippen molar-refractivity contribution in [1.82, 2.24) is 25.1 Å². The predicted molar refractivity (Wildman–Crippen MR) is 115 cm³/mol. The van der Waals surface area contributed by atoms with Gasteiger partial charge in [0.05, 0.1) is 12.1 Å². The monoisotopic (exact) mass is 424 g/mol. The van der Waals surface area contributed by atoms with Crippen LogP contribution in [0.15, 0.2) is 36.7 Å². The number of nitrogens with one attached hydrogen (secondary N) is 2. The van der Waals surface area contributed by atoms with Crippen molar-refractivity contribution in [1.29, 1.82) is 0 Å². The Morgan fingerprint density at radius 2 is 2.00 bits per heavy atom. The first kappa shape index (κ1) is 21.2. The average Bonchev–Trinajstić information content (AvgIpc) is 2.74. The number of aromatic nitrogens is 2. The number of nitrogens with zero attached hydrogens (tertiary/aromatic N) is 4. The van der Waals surface area contributed by atoms with Gasteiger partial charge in [0.1, 0.15) is 17.8 Å². The topological polar surface area (TPSA) is 111 Å². The molecule has 1 fully saturated rings. The first-order valence-corrected chi connectivity index (χ1v) is 10.6. The second kappa shape index (κ2) is 9.40. The molecule has 3 N–H and O–H groups in total. The zero-order valence-corrected chi connectivity index (χ0v) is 17.6. The van der Waals surface area contributed by atoms with Crippen molar-refractivity contribution in [2.45, 2.75) is 32.0 Å². The Bertz CT molecular complexity index is 946. The van der Waals surface area contributed by atoms with Crippen molar-refractivity contribution >= 4 is 17.6 Å². The first-order chi connectivity index (χ1) is 15.0. The summed E-state index contributed by atoms with van der Waals surface area (Å²) in [4.78, 5) is 35.8. The third kappa shape index (κ3) is 5.36. The van der Waals surface area contributed by atoms with Crippen molar-refractivity contribution in [2.75, 3.05) is 38.0 Å². The number of aliphatic hydroxyl groups is 1. The van der Waals surface area contributed by atoms with Crippen LogP contribution in [0.2, 0.25) is 0 Å². The van der Waals surface area contributed by atoms with Gasteiger partial charge in [-0.3, -0.25) is 14.5 Å². The van der Waals surface area contributed by atoms with Crippen molar-refractivity contribution in [2.24, 2.45) is 0 Å². The number of β-amino-alcohol motifs (C(OH)–C–C–N with tert-alkyl or cyclic N) is 1. The lowest BCUT2D eigenvalue weighted by Gasteiger charge is -2.39. The molecule has 1 saturated heterocycles. The number of carbonyl (C=O) groups excluding carboxylic acids is 2. The average molecular weight is 425 g/mol. The molecule has 1 atom stereocenters. The highest BCUT2D eigenvalue weighted by Crippen LogP contribution is 2.18.